The second kappa shape index (κ2) is 8.94. The summed E-state index contributed by atoms with van der Waals surface area (Å²) < 4.78 is 13.4. The van der Waals surface area contributed by atoms with E-state index in [4.69, 9.17) is 23.2 Å². The summed E-state index contributed by atoms with van der Waals surface area (Å²) in [5.41, 5.74) is 0.813. The number of benzene rings is 2. The Hall–Kier alpha value is -2.09. The molecule has 146 valence electrons. The SMILES string of the molecule is CCN1C(=O)CC(C(=O)Nc2cc(Cl)cc(Cl)c2)SC1=Nc1cccc(F)c1. The van der Waals surface area contributed by atoms with E-state index < -0.39 is 11.1 Å². The Morgan fingerprint density at radius 2 is 2.00 bits per heavy atom. The Morgan fingerprint density at radius 3 is 2.64 bits per heavy atom. The minimum Gasteiger partial charge on any atom is -0.325 e. The molecule has 28 heavy (non-hydrogen) atoms. The molecule has 0 aromatic heterocycles. The molecule has 1 heterocycles. The number of rotatable bonds is 4. The molecule has 0 spiro atoms. The zero-order chi connectivity index (χ0) is 20.3. The van der Waals surface area contributed by atoms with Crippen LogP contribution in [0.3, 0.4) is 0 Å². The summed E-state index contributed by atoms with van der Waals surface area (Å²) in [4.78, 5) is 31.0. The van der Waals surface area contributed by atoms with Crippen molar-refractivity contribution in [3.63, 3.8) is 0 Å². The number of halogens is 3. The summed E-state index contributed by atoms with van der Waals surface area (Å²) in [6.45, 7) is 2.21. The second-order valence-corrected chi connectivity index (χ2v) is 8.01. The number of aliphatic imine (C=N–C) groups is 1. The third kappa shape index (κ3) is 5.04. The zero-order valence-corrected chi connectivity index (χ0v) is 17.1. The van der Waals surface area contributed by atoms with E-state index in [0.29, 0.717) is 33.1 Å². The maximum absolute atomic E-state index is 13.4. The van der Waals surface area contributed by atoms with Crippen molar-refractivity contribution < 1.29 is 14.0 Å². The standard InChI is InChI=1S/C19H16Cl2FN3O2S/c1-2-25-17(26)10-16(18(27)23-15-7-11(20)6-12(21)8-15)28-19(25)24-14-5-3-4-13(22)9-14/h3-9,16H,2,10H2,1H3,(H,23,27). The van der Waals surface area contributed by atoms with Crippen molar-refractivity contribution in [2.75, 3.05) is 11.9 Å². The summed E-state index contributed by atoms with van der Waals surface area (Å²) in [7, 11) is 0. The number of carbonyl (C=O) groups is 2. The molecule has 9 heteroatoms. The molecule has 3 rings (SSSR count). The molecule has 2 aromatic rings. The maximum Gasteiger partial charge on any atom is 0.238 e. The smallest absolute Gasteiger partial charge is 0.238 e. The van der Waals surface area contributed by atoms with Gasteiger partial charge in [0.15, 0.2) is 5.17 Å². The largest absolute Gasteiger partial charge is 0.325 e. The van der Waals surface area contributed by atoms with Crippen LogP contribution in [0.25, 0.3) is 0 Å². The molecule has 1 saturated heterocycles. The average Bonchev–Trinajstić information content (AvgIpc) is 2.60. The first-order valence-electron chi connectivity index (χ1n) is 8.44. The van der Waals surface area contributed by atoms with Gasteiger partial charge in [0.1, 0.15) is 11.1 Å². The molecule has 1 N–H and O–H groups in total. The van der Waals surface area contributed by atoms with Gasteiger partial charge < -0.3 is 5.32 Å². The molecule has 1 unspecified atom stereocenters. The van der Waals surface area contributed by atoms with Gasteiger partial charge in [-0.2, -0.15) is 0 Å². The molecule has 1 atom stereocenters. The van der Waals surface area contributed by atoms with Gasteiger partial charge in [-0.15, -0.1) is 0 Å². The minimum absolute atomic E-state index is 0.0286. The topological polar surface area (TPSA) is 61.8 Å². The third-order valence-corrected chi connectivity index (χ3v) is 5.54. The molecule has 0 radical (unpaired) electrons. The lowest BCUT2D eigenvalue weighted by molar-refractivity contribution is -0.129. The molecule has 1 aliphatic rings. The van der Waals surface area contributed by atoms with Crippen LogP contribution in [-0.2, 0) is 9.59 Å². The van der Waals surface area contributed by atoms with E-state index in [1.165, 1.54) is 23.1 Å². The van der Waals surface area contributed by atoms with Gasteiger partial charge in [0.05, 0.1) is 5.69 Å². The first-order valence-corrected chi connectivity index (χ1v) is 10.1. The van der Waals surface area contributed by atoms with E-state index >= 15 is 0 Å². The molecule has 0 bridgehead atoms. The monoisotopic (exact) mass is 439 g/mol. The van der Waals surface area contributed by atoms with Gasteiger partial charge in [-0.3, -0.25) is 14.5 Å². The van der Waals surface area contributed by atoms with Gasteiger partial charge in [0.25, 0.3) is 0 Å². The van der Waals surface area contributed by atoms with E-state index in [-0.39, 0.29) is 18.2 Å². The Labute approximate surface area is 175 Å². The molecule has 2 aromatic carbocycles. The normalized spacial score (nSPS) is 18.4. The molecule has 1 aliphatic heterocycles. The van der Waals surface area contributed by atoms with E-state index in [2.05, 4.69) is 10.3 Å². The van der Waals surface area contributed by atoms with Gasteiger partial charge >= 0.3 is 0 Å². The van der Waals surface area contributed by atoms with Crippen LogP contribution in [0.15, 0.2) is 47.5 Å². The Kier molecular flexibility index (Phi) is 6.59. The summed E-state index contributed by atoms with van der Waals surface area (Å²) >= 11 is 13.1. The van der Waals surface area contributed by atoms with E-state index in [1.807, 2.05) is 6.92 Å². The Balaban J connectivity index is 1.82. The van der Waals surface area contributed by atoms with Crippen LogP contribution < -0.4 is 5.32 Å². The number of amides is 2. The number of thioether (sulfide) groups is 1. The van der Waals surface area contributed by atoms with Crippen LogP contribution >= 0.6 is 35.0 Å². The molecule has 0 saturated carbocycles. The summed E-state index contributed by atoms with van der Waals surface area (Å²) in [6, 6.07) is 10.4. The van der Waals surface area contributed by atoms with Gasteiger partial charge in [-0.1, -0.05) is 41.0 Å². The number of nitrogens with zero attached hydrogens (tertiary/aromatic N) is 2. The fourth-order valence-corrected chi connectivity index (χ4v) is 4.35. The molecular weight excluding hydrogens is 424 g/mol. The van der Waals surface area contributed by atoms with Crippen LogP contribution in [-0.4, -0.2) is 33.7 Å². The number of hydrogen-bond acceptors (Lipinski definition) is 4. The van der Waals surface area contributed by atoms with Gasteiger partial charge in [0, 0.05) is 28.7 Å². The van der Waals surface area contributed by atoms with E-state index in [0.717, 1.165) is 11.8 Å². The highest BCUT2D eigenvalue weighted by Gasteiger charge is 2.35. The lowest BCUT2D eigenvalue weighted by Gasteiger charge is -2.30. The third-order valence-electron chi connectivity index (χ3n) is 3.91. The first-order chi connectivity index (χ1) is 13.4. The number of hydrogen-bond donors (Lipinski definition) is 1. The highest BCUT2D eigenvalue weighted by atomic mass is 35.5. The van der Waals surface area contributed by atoms with Crippen LogP contribution in [0.2, 0.25) is 10.0 Å². The van der Waals surface area contributed by atoms with Crippen molar-refractivity contribution in [2.24, 2.45) is 4.99 Å². The van der Waals surface area contributed by atoms with Crippen LogP contribution in [0.1, 0.15) is 13.3 Å². The van der Waals surface area contributed by atoms with E-state index in [9.17, 15) is 14.0 Å². The summed E-state index contributed by atoms with van der Waals surface area (Å²) in [5.74, 6) is -1.01. The highest BCUT2D eigenvalue weighted by Crippen LogP contribution is 2.30. The highest BCUT2D eigenvalue weighted by molar-refractivity contribution is 8.15. The van der Waals surface area contributed by atoms with Crippen LogP contribution in [0, 0.1) is 5.82 Å². The summed E-state index contributed by atoms with van der Waals surface area (Å²) in [6.07, 6.45) is 0.0286. The predicted molar refractivity (Wildman–Crippen MR) is 112 cm³/mol. The van der Waals surface area contributed by atoms with Crippen molar-refractivity contribution in [3.05, 3.63) is 58.3 Å². The quantitative estimate of drug-likeness (QED) is 0.719. The lowest BCUT2D eigenvalue weighted by atomic mass is 10.2. The number of amidine groups is 1. The Bertz CT molecular complexity index is 934. The predicted octanol–water partition coefficient (Wildman–Crippen LogP) is 5.11. The van der Waals surface area contributed by atoms with Crippen LogP contribution in [0.5, 0.6) is 0 Å². The first kappa shape index (κ1) is 20.6. The van der Waals surface area contributed by atoms with Crippen LogP contribution in [0.4, 0.5) is 15.8 Å². The van der Waals surface area contributed by atoms with Crippen molar-refractivity contribution in [3.8, 4) is 0 Å². The van der Waals surface area contributed by atoms with Crippen molar-refractivity contribution >= 4 is 63.3 Å². The molecule has 2 amide bonds. The minimum atomic E-state index is -0.680. The average molecular weight is 440 g/mol. The van der Waals surface area contributed by atoms with E-state index in [1.54, 1.807) is 24.3 Å². The Morgan fingerprint density at radius 1 is 1.29 bits per heavy atom. The number of carbonyl (C=O) groups excluding carboxylic acids is 2. The number of anilines is 1. The fourth-order valence-electron chi connectivity index (χ4n) is 2.66. The van der Waals surface area contributed by atoms with Crippen molar-refractivity contribution in [1.29, 1.82) is 0 Å². The second-order valence-electron chi connectivity index (χ2n) is 5.97. The van der Waals surface area contributed by atoms with Gasteiger partial charge in [-0.25, -0.2) is 9.38 Å². The van der Waals surface area contributed by atoms with Crippen molar-refractivity contribution in [2.45, 2.75) is 18.6 Å². The molecule has 5 nitrogen and oxygen atoms in total. The number of nitrogens with one attached hydrogen (secondary N) is 1. The van der Waals surface area contributed by atoms with Crippen molar-refractivity contribution in [1.82, 2.24) is 4.90 Å². The zero-order valence-electron chi connectivity index (χ0n) is 14.8. The maximum atomic E-state index is 13.4. The molecule has 1 fully saturated rings. The molecular formula is C19H16Cl2FN3O2S. The summed E-state index contributed by atoms with van der Waals surface area (Å²) in [5, 5.41) is 3.18. The fraction of sp³-hybridized carbons (Fsp3) is 0.211. The van der Waals surface area contributed by atoms with Gasteiger partial charge in [-0.05, 0) is 43.3 Å². The molecule has 0 aliphatic carbocycles. The lowest BCUT2D eigenvalue weighted by Crippen LogP contribution is -2.45. The van der Waals surface area contributed by atoms with Gasteiger partial charge in [0.2, 0.25) is 11.8 Å².